The zero-order valence-electron chi connectivity index (χ0n) is 26.7. The van der Waals surface area contributed by atoms with Crippen LogP contribution >= 0.6 is 0 Å². The highest BCUT2D eigenvalue weighted by atomic mass is 16.3. The van der Waals surface area contributed by atoms with Crippen molar-refractivity contribution < 1.29 is 4.42 Å². The number of hydrogen-bond acceptors (Lipinski definition) is 1. The van der Waals surface area contributed by atoms with Gasteiger partial charge in [0.15, 0.2) is 0 Å². The molecular formula is C48H30O. The Balaban J connectivity index is 1.22. The highest BCUT2D eigenvalue weighted by Crippen LogP contribution is 2.47. The first-order valence-electron chi connectivity index (χ1n) is 16.8. The predicted molar refractivity (Wildman–Crippen MR) is 208 cm³/mol. The van der Waals surface area contributed by atoms with Crippen LogP contribution in [0.4, 0.5) is 0 Å². The molecule has 1 heterocycles. The van der Waals surface area contributed by atoms with E-state index in [4.69, 9.17) is 4.42 Å². The van der Waals surface area contributed by atoms with E-state index in [-0.39, 0.29) is 0 Å². The molecule has 0 fully saturated rings. The van der Waals surface area contributed by atoms with Gasteiger partial charge in [-0.15, -0.1) is 0 Å². The van der Waals surface area contributed by atoms with E-state index in [9.17, 15) is 0 Å². The first-order valence-corrected chi connectivity index (χ1v) is 16.8. The fourth-order valence-corrected chi connectivity index (χ4v) is 7.89. The van der Waals surface area contributed by atoms with Crippen LogP contribution in [-0.4, -0.2) is 0 Å². The minimum absolute atomic E-state index is 0.902. The average Bonchev–Trinajstić information content (AvgIpc) is 3.55. The Morgan fingerprint density at radius 1 is 0.286 bits per heavy atom. The van der Waals surface area contributed by atoms with Crippen LogP contribution in [0.5, 0.6) is 0 Å². The van der Waals surface area contributed by atoms with E-state index in [1.165, 1.54) is 71.3 Å². The summed E-state index contributed by atoms with van der Waals surface area (Å²) < 4.78 is 6.57. The maximum atomic E-state index is 6.57. The molecule has 10 aromatic rings. The highest BCUT2D eigenvalue weighted by molar-refractivity contribution is 6.23. The van der Waals surface area contributed by atoms with Crippen LogP contribution in [-0.2, 0) is 0 Å². The summed E-state index contributed by atoms with van der Waals surface area (Å²) in [6.45, 7) is 0. The standard InChI is InChI=1S/C48H30O/c1-2-13-32(14-3-1)43-29-35(30-45-48(43)42-22-10-11-24-44(42)49-45)47-40-20-8-6-18-38(40)46(39-19-7-9-21-41(39)47)34-27-25-33(26-28-34)37-23-12-16-31-15-4-5-17-36(31)37/h1-30H. The largest absolute Gasteiger partial charge is 0.456 e. The molecule has 0 unspecified atom stereocenters. The van der Waals surface area contributed by atoms with E-state index in [0.29, 0.717) is 0 Å². The molecule has 0 aliphatic heterocycles. The number of furan rings is 1. The zero-order valence-corrected chi connectivity index (χ0v) is 26.7. The van der Waals surface area contributed by atoms with Crippen molar-refractivity contribution in [2.45, 2.75) is 0 Å². The van der Waals surface area contributed by atoms with Crippen molar-refractivity contribution in [1.82, 2.24) is 0 Å². The van der Waals surface area contributed by atoms with Crippen LogP contribution in [0, 0.1) is 0 Å². The average molecular weight is 623 g/mol. The number of rotatable bonds is 4. The summed E-state index contributed by atoms with van der Waals surface area (Å²) in [6, 6.07) is 65.7. The van der Waals surface area contributed by atoms with Gasteiger partial charge in [-0.05, 0) is 95.0 Å². The third kappa shape index (κ3) is 4.40. The Bertz CT molecular complexity index is 2790. The Morgan fingerprint density at radius 2 is 0.796 bits per heavy atom. The van der Waals surface area contributed by atoms with E-state index in [1.807, 2.05) is 6.07 Å². The van der Waals surface area contributed by atoms with Gasteiger partial charge in [-0.25, -0.2) is 0 Å². The van der Waals surface area contributed by atoms with Crippen LogP contribution in [0.1, 0.15) is 0 Å². The SMILES string of the molecule is c1ccc(-c2cc(-c3c4ccccc4c(-c4ccc(-c5cccc6ccccc56)cc4)c4ccccc34)cc3oc4ccccc4c23)cc1. The minimum Gasteiger partial charge on any atom is -0.456 e. The van der Waals surface area contributed by atoms with Crippen LogP contribution < -0.4 is 0 Å². The molecule has 0 saturated carbocycles. The summed E-state index contributed by atoms with van der Waals surface area (Å²) in [4.78, 5) is 0. The molecular weight excluding hydrogens is 593 g/mol. The van der Waals surface area contributed by atoms with Crippen molar-refractivity contribution >= 4 is 54.3 Å². The van der Waals surface area contributed by atoms with E-state index >= 15 is 0 Å². The Labute approximate surface area is 284 Å². The van der Waals surface area contributed by atoms with E-state index in [0.717, 1.165) is 27.5 Å². The second-order valence-electron chi connectivity index (χ2n) is 12.8. The Morgan fingerprint density at radius 3 is 1.49 bits per heavy atom. The predicted octanol–water partition coefficient (Wildman–Crippen LogP) is 13.7. The van der Waals surface area contributed by atoms with Gasteiger partial charge in [-0.1, -0.05) is 164 Å². The first-order chi connectivity index (χ1) is 24.3. The summed E-state index contributed by atoms with van der Waals surface area (Å²) >= 11 is 0. The normalized spacial score (nSPS) is 11.7. The van der Waals surface area contributed by atoms with Crippen molar-refractivity contribution in [3.8, 4) is 44.5 Å². The van der Waals surface area contributed by atoms with E-state index in [2.05, 4.69) is 176 Å². The lowest BCUT2D eigenvalue weighted by molar-refractivity contribution is 0.669. The molecule has 1 nitrogen and oxygen atoms in total. The lowest BCUT2D eigenvalue weighted by Crippen LogP contribution is -1.92. The van der Waals surface area contributed by atoms with Gasteiger partial charge in [0, 0.05) is 10.8 Å². The number of benzene rings is 9. The van der Waals surface area contributed by atoms with Gasteiger partial charge in [-0.3, -0.25) is 0 Å². The van der Waals surface area contributed by atoms with Crippen molar-refractivity contribution in [2.75, 3.05) is 0 Å². The van der Waals surface area contributed by atoms with Gasteiger partial charge in [0.25, 0.3) is 0 Å². The summed E-state index contributed by atoms with van der Waals surface area (Å²) in [5.41, 5.74) is 11.5. The topological polar surface area (TPSA) is 13.1 Å². The van der Waals surface area contributed by atoms with Gasteiger partial charge >= 0.3 is 0 Å². The quantitative estimate of drug-likeness (QED) is 0.178. The molecule has 0 bridgehead atoms. The zero-order chi connectivity index (χ0) is 32.3. The molecule has 9 aromatic carbocycles. The molecule has 0 atom stereocenters. The van der Waals surface area contributed by atoms with Crippen molar-refractivity contribution in [3.63, 3.8) is 0 Å². The molecule has 0 amide bonds. The molecule has 0 radical (unpaired) electrons. The molecule has 49 heavy (non-hydrogen) atoms. The maximum absolute atomic E-state index is 6.57. The fraction of sp³-hybridized carbons (Fsp3) is 0. The molecule has 228 valence electrons. The van der Waals surface area contributed by atoms with E-state index < -0.39 is 0 Å². The third-order valence-corrected chi connectivity index (χ3v) is 10.1. The Hall–Kier alpha value is -6.44. The van der Waals surface area contributed by atoms with Crippen molar-refractivity contribution in [3.05, 3.63) is 182 Å². The molecule has 0 aliphatic carbocycles. The molecule has 10 rings (SSSR count). The number of fused-ring (bicyclic) bond motifs is 6. The highest BCUT2D eigenvalue weighted by Gasteiger charge is 2.20. The summed E-state index contributed by atoms with van der Waals surface area (Å²) in [5.74, 6) is 0. The summed E-state index contributed by atoms with van der Waals surface area (Å²) in [7, 11) is 0. The molecule has 1 heteroatoms. The van der Waals surface area contributed by atoms with Crippen LogP contribution in [0.15, 0.2) is 186 Å². The Kier molecular flexibility index (Phi) is 6.25. The number of para-hydroxylation sites is 1. The van der Waals surface area contributed by atoms with Gasteiger partial charge in [-0.2, -0.15) is 0 Å². The second-order valence-corrected chi connectivity index (χ2v) is 12.8. The fourth-order valence-electron chi connectivity index (χ4n) is 7.89. The molecule has 0 N–H and O–H groups in total. The van der Waals surface area contributed by atoms with Crippen molar-refractivity contribution in [2.24, 2.45) is 0 Å². The van der Waals surface area contributed by atoms with E-state index in [1.54, 1.807) is 0 Å². The van der Waals surface area contributed by atoms with Crippen LogP contribution in [0.25, 0.3) is 98.8 Å². The van der Waals surface area contributed by atoms with Gasteiger partial charge in [0.05, 0.1) is 0 Å². The molecule has 1 aromatic heterocycles. The lowest BCUT2D eigenvalue weighted by atomic mass is 9.84. The van der Waals surface area contributed by atoms with Crippen LogP contribution in [0.3, 0.4) is 0 Å². The monoisotopic (exact) mass is 622 g/mol. The van der Waals surface area contributed by atoms with Crippen molar-refractivity contribution in [1.29, 1.82) is 0 Å². The summed E-state index contributed by atoms with van der Waals surface area (Å²) in [5, 5.41) is 9.75. The smallest absolute Gasteiger partial charge is 0.136 e. The third-order valence-electron chi connectivity index (χ3n) is 10.1. The van der Waals surface area contributed by atoms with Gasteiger partial charge in [0.2, 0.25) is 0 Å². The van der Waals surface area contributed by atoms with Gasteiger partial charge < -0.3 is 4.42 Å². The molecule has 0 saturated heterocycles. The lowest BCUT2D eigenvalue weighted by Gasteiger charge is -2.19. The maximum Gasteiger partial charge on any atom is 0.136 e. The number of hydrogen-bond donors (Lipinski definition) is 0. The minimum atomic E-state index is 0.902. The summed E-state index contributed by atoms with van der Waals surface area (Å²) in [6.07, 6.45) is 0. The first kappa shape index (κ1) is 27.7. The molecule has 0 aliphatic rings. The van der Waals surface area contributed by atoms with Gasteiger partial charge in [0.1, 0.15) is 11.2 Å². The molecule has 0 spiro atoms. The van der Waals surface area contributed by atoms with Crippen LogP contribution in [0.2, 0.25) is 0 Å². The second kappa shape index (κ2) is 11.1.